The molecule has 0 saturated carbocycles. The van der Waals surface area contributed by atoms with Gasteiger partial charge in [0.1, 0.15) is 0 Å². The van der Waals surface area contributed by atoms with Crippen LogP contribution in [-0.2, 0) is 17.1 Å². The Balaban J connectivity index is 1.49. The molecule has 0 atom stereocenters. The van der Waals surface area contributed by atoms with Crippen LogP contribution in [0.2, 0.25) is 5.02 Å². The molecule has 0 fully saturated rings. The summed E-state index contributed by atoms with van der Waals surface area (Å²) in [6, 6.07) is 14.8. The summed E-state index contributed by atoms with van der Waals surface area (Å²) in [4.78, 5) is 11.2. The van der Waals surface area contributed by atoms with Gasteiger partial charge >= 0.3 is 0 Å². The zero-order valence-electron chi connectivity index (χ0n) is 16.9. The van der Waals surface area contributed by atoms with Crippen molar-refractivity contribution in [3.8, 4) is 22.8 Å². The summed E-state index contributed by atoms with van der Waals surface area (Å²) >= 11 is 7.67. The number of carbonyl (C=O) groups excluding carboxylic acids is 1. The van der Waals surface area contributed by atoms with Crippen LogP contribution in [0, 0.1) is 0 Å². The van der Waals surface area contributed by atoms with E-state index in [1.54, 1.807) is 6.07 Å². The predicted molar refractivity (Wildman–Crippen MR) is 120 cm³/mol. The van der Waals surface area contributed by atoms with E-state index < -0.39 is 0 Å². The number of halogens is 1. The summed E-state index contributed by atoms with van der Waals surface area (Å²) in [5.41, 5.74) is 2.35. The van der Waals surface area contributed by atoms with Crippen LogP contribution in [0.15, 0.2) is 58.1 Å². The van der Waals surface area contributed by atoms with Crippen molar-refractivity contribution in [1.82, 2.24) is 25.0 Å². The monoisotopic (exact) mass is 454 g/mol. The number of nitrogens with one attached hydrogen (secondary N) is 1. The molecule has 4 rings (SSSR count). The molecule has 0 spiro atoms. The maximum absolute atomic E-state index is 11.2. The summed E-state index contributed by atoms with van der Waals surface area (Å²) in [6.45, 7) is 4.21. The Hall–Kier alpha value is -3.17. The van der Waals surface area contributed by atoms with Gasteiger partial charge < -0.3 is 14.3 Å². The molecular formula is C21H19ClN6O2S. The molecule has 1 N–H and O–H groups in total. The lowest BCUT2D eigenvalue weighted by molar-refractivity contribution is -0.114. The van der Waals surface area contributed by atoms with Gasteiger partial charge in [0.15, 0.2) is 11.0 Å². The topological polar surface area (TPSA) is 98.7 Å². The van der Waals surface area contributed by atoms with Crippen LogP contribution in [-0.4, -0.2) is 30.9 Å². The lowest BCUT2D eigenvalue weighted by Crippen LogP contribution is -2.05. The highest BCUT2D eigenvalue weighted by molar-refractivity contribution is 7.98. The van der Waals surface area contributed by atoms with Gasteiger partial charge in [0, 0.05) is 24.7 Å². The third-order valence-electron chi connectivity index (χ3n) is 4.39. The third kappa shape index (κ3) is 4.78. The van der Waals surface area contributed by atoms with E-state index >= 15 is 0 Å². The minimum atomic E-state index is -0.109. The normalized spacial score (nSPS) is 10.9. The standard InChI is InChI=1S/C21H19ClN6O2S/c1-3-28-19(14-8-10-15(11-9-14)23-13(2)29)25-27-21(28)31-12-18-24-26-20(30-18)16-6-4-5-7-17(16)22/h4-11H,3,12H2,1-2H3,(H,23,29). The molecule has 0 unspecified atom stereocenters. The van der Waals surface area contributed by atoms with Crippen LogP contribution in [0.25, 0.3) is 22.8 Å². The molecule has 0 aliphatic heterocycles. The fraction of sp³-hybridized carbons (Fsp3) is 0.190. The molecule has 2 heterocycles. The van der Waals surface area contributed by atoms with Gasteiger partial charge in [-0.15, -0.1) is 20.4 Å². The van der Waals surface area contributed by atoms with Crippen molar-refractivity contribution in [3.05, 3.63) is 59.4 Å². The lowest BCUT2D eigenvalue weighted by Gasteiger charge is -2.07. The molecule has 10 heteroatoms. The molecule has 2 aromatic heterocycles. The number of hydrogen-bond donors (Lipinski definition) is 1. The zero-order chi connectivity index (χ0) is 21.8. The zero-order valence-corrected chi connectivity index (χ0v) is 18.4. The highest BCUT2D eigenvalue weighted by atomic mass is 35.5. The number of carbonyl (C=O) groups is 1. The number of aromatic nitrogens is 5. The Bertz CT molecular complexity index is 1200. The quantitative estimate of drug-likeness (QED) is 0.395. The van der Waals surface area contributed by atoms with Crippen LogP contribution in [0.1, 0.15) is 19.7 Å². The summed E-state index contributed by atoms with van der Waals surface area (Å²) in [5.74, 6) is 1.96. The molecule has 2 aromatic carbocycles. The van der Waals surface area contributed by atoms with Crippen LogP contribution >= 0.6 is 23.4 Å². The third-order valence-corrected chi connectivity index (χ3v) is 5.67. The number of amides is 1. The fourth-order valence-corrected chi connectivity index (χ4v) is 4.04. The smallest absolute Gasteiger partial charge is 0.249 e. The first-order valence-electron chi connectivity index (χ1n) is 9.56. The molecule has 0 saturated heterocycles. The molecule has 158 valence electrons. The molecular weight excluding hydrogens is 436 g/mol. The number of thioether (sulfide) groups is 1. The summed E-state index contributed by atoms with van der Waals surface area (Å²) < 4.78 is 7.78. The van der Waals surface area contributed by atoms with Gasteiger partial charge in [-0.25, -0.2) is 0 Å². The maximum Gasteiger partial charge on any atom is 0.249 e. The van der Waals surface area contributed by atoms with Gasteiger partial charge in [-0.3, -0.25) is 4.79 Å². The van der Waals surface area contributed by atoms with E-state index in [-0.39, 0.29) is 5.91 Å². The highest BCUT2D eigenvalue weighted by Gasteiger charge is 2.16. The average Bonchev–Trinajstić information content (AvgIpc) is 3.39. The van der Waals surface area contributed by atoms with E-state index in [4.69, 9.17) is 16.0 Å². The van der Waals surface area contributed by atoms with Crippen molar-refractivity contribution in [2.45, 2.75) is 31.3 Å². The summed E-state index contributed by atoms with van der Waals surface area (Å²) in [6.07, 6.45) is 0. The number of anilines is 1. The van der Waals surface area contributed by atoms with Crippen molar-refractivity contribution in [2.24, 2.45) is 0 Å². The van der Waals surface area contributed by atoms with Crippen LogP contribution < -0.4 is 5.32 Å². The van der Waals surface area contributed by atoms with Gasteiger partial charge in [-0.2, -0.15) is 0 Å². The summed E-state index contributed by atoms with van der Waals surface area (Å²) in [5, 5.41) is 20.9. The van der Waals surface area contributed by atoms with Crippen molar-refractivity contribution < 1.29 is 9.21 Å². The second-order valence-electron chi connectivity index (χ2n) is 6.58. The van der Waals surface area contributed by atoms with E-state index in [1.807, 2.05) is 54.0 Å². The molecule has 0 bridgehead atoms. The Kier molecular flexibility index (Phi) is 6.34. The van der Waals surface area contributed by atoms with Gasteiger partial charge in [-0.1, -0.05) is 35.5 Å². The van der Waals surface area contributed by atoms with Gasteiger partial charge in [0.05, 0.1) is 16.3 Å². The number of nitrogens with zero attached hydrogens (tertiary/aromatic N) is 5. The predicted octanol–water partition coefficient (Wildman–Crippen LogP) is 4.92. The Labute approximate surface area is 188 Å². The molecule has 8 nitrogen and oxygen atoms in total. The lowest BCUT2D eigenvalue weighted by atomic mass is 10.2. The van der Waals surface area contributed by atoms with Gasteiger partial charge in [0.2, 0.25) is 17.7 Å². The Morgan fingerprint density at radius 2 is 1.87 bits per heavy atom. The largest absolute Gasteiger partial charge is 0.420 e. The first kappa shape index (κ1) is 21.1. The Morgan fingerprint density at radius 1 is 1.10 bits per heavy atom. The van der Waals surface area contributed by atoms with Crippen LogP contribution in [0.3, 0.4) is 0 Å². The molecule has 31 heavy (non-hydrogen) atoms. The van der Waals surface area contributed by atoms with E-state index in [1.165, 1.54) is 18.7 Å². The number of hydrogen-bond acceptors (Lipinski definition) is 7. The molecule has 4 aromatic rings. The first-order chi connectivity index (χ1) is 15.0. The fourth-order valence-electron chi connectivity index (χ4n) is 2.98. The first-order valence-corrected chi connectivity index (χ1v) is 10.9. The van der Waals surface area contributed by atoms with Crippen molar-refractivity contribution in [3.63, 3.8) is 0 Å². The second kappa shape index (κ2) is 9.32. The van der Waals surface area contributed by atoms with E-state index in [0.29, 0.717) is 34.7 Å². The molecule has 0 aliphatic carbocycles. The maximum atomic E-state index is 11.2. The van der Waals surface area contributed by atoms with Gasteiger partial charge in [-0.05, 0) is 43.3 Å². The Morgan fingerprint density at radius 3 is 2.58 bits per heavy atom. The minimum Gasteiger partial charge on any atom is -0.420 e. The minimum absolute atomic E-state index is 0.109. The molecule has 1 amide bonds. The number of rotatable bonds is 7. The highest BCUT2D eigenvalue weighted by Crippen LogP contribution is 2.29. The summed E-state index contributed by atoms with van der Waals surface area (Å²) in [7, 11) is 0. The molecule has 0 radical (unpaired) electrons. The second-order valence-corrected chi connectivity index (χ2v) is 7.93. The van der Waals surface area contributed by atoms with Crippen molar-refractivity contribution in [2.75, 3.05) is 5.32 Å². The number of benzene rings is 2. The van der Waals surface area contributed by atoms with E-state index in [9.17, 15) is 4.79 Å². The average molecular weight is 455 g/mol. The van der Waals surface area contributed by atoms with E-state index in [0.717, 1.165) is 22.2 Å². The van der Waals surface area contributed by atoms with Gasteiger partial charge in [0.25, 0.3) is 0 Å². The SMILES string of the molecule is CCn1c(SCc2nnc(-c3ccccc3Cl)o2)nnc1-c1ccc(NC(C)=O)cc1. The van der Waals surface area contributed by atoms with Crippen molar-refractivity contribution >= 4 is 35.0 Å². The molecule has 0 aliphatic rings. The van der Waals surface area contributed by atoms with E-state index in [2.05, 4.69) is 25.7 Å². The van der Waals surface area contributed by atoms with Crippen LogP contribution in [0.4, 0.5) is 5.69 Å². The van der Waals surface area contributed by atoms with Crippen LogP contribution in [0.5, 0.6) is 0 Å². The van der Waals surface area contributed by atoms with Crippen molar-refractivity contribution in [1.29, 1.82) is 0 Å².